The Balaban J connectivity index is 2.13. The molecule has 0 spiro atoms. The van der Waals surface area contributed by atoms with Crippen molar-refractivity contribution in [1.29, 1.82) is 0 Å². The van der Waals surface area contributed by atoms with Crippen molar-refractivity contribution >= 4 is 11.9 Å². The van der Waals surface area contributed by atoms with E-state index in [0.29, 0.717) is 12.8 Å². The molecule has 1 aliphatic rings. The summed E-state index contributed by atoms with van der Waals surface area (Å²) in [5.74, 6) is -1.74. The van der Waals surface area contributed by atoms with Crippen molar-refractivity contribution in [3.05, 3.63) is 11.8 Å². The van der Waals surface area contributed by atoms with Crippen LogP contribution in [0.2, 0.25) is 0 Å². The highest BCUT2D eigenvalue weighted by atomic mass is 16.5. The predicted molar refractivity (Wildman–Crippen MR) is 68.5 cm³/mol. The number of carbonyl (C=O) groups is 2. The highest BCUT2D eigenvalue weighted by Crippen LogP contribution is 2.34. The Morgan fingerprint density at radius 3 is 2.90 bits per heavy atom. The Morgan fingerprint density at radius 1 is 1.55 bits per heavy atom. The number of carbonyl (C=O) groups excluding carboxylic acids is 1. The highest BCUT2D eigenvalue weighted by molar-refractivity contribution is 5.92. The fourth-order valence-corrected chi connectivity index (χ4v) is 2.66. The first-order chi connectivity index (χ1) is 9.46. The van der Waals surface area contributed by atoms with Crippen molar-refractivity contribution in [2.45, 2.75) is 38.1 Å². The van der Waals surface area contributed by atoms with E-state index >= 15 is 0 Å². The molecule has 1 aliphatic carbocycles. The van der Waals surface area contributed by atoms with Gasteiger partial charge in [0.1, 0.15) is 0 Å². The number of ether oxygens (including phenoxy) is 1. The van der Waals surface area contributed by atoms with Crippen LogP contribution in [0.4, 0.5) is 0 Å². The molecule has 7 nitrogen and oxygen atoms in total. The molecule has 1 aromatic rings. The molecule has 2 rings (SSSR count). The topological polar surface area (TPSA) is 102 Å². The third-order valence-corrected chi connectivity index (χ3v) is 3.83. The second-order valence-electron chi connectivity index (χ2n) is 5.24. The quantitative estimate of drug-likeness (QED) is 0.866. The van der Waals surface area contributed by atoms with Gasteiger partial charge >= 0.3 is 5.97 Å². The van der Waals surface area contributed by atoms with Crippen LogP contribution in [0, 0.1) is 5.92 Å². The maximum Gasteiger partial charge on any atom is 0.308 e. The van der Waals surface area contributed by atoms with Gasteiger partial charge in [0.05, 0.1) is 24.6 Å². The van der Waals surface area contributed by atoms with Crippen molar-refractivity contribution in [2.24, 2.45) is 5.92 Å². The molecular weight excluding hydrogens is 264 g/mol. The number of aromatic nitrogens is 1. The molecule has 0 saturated heterocycles. The van der Waals surface area contributed by atoms with E-state index in [1.54, 1.807) is 6.92 Å². The zero-order valence-corrected chi connectivity index (χ0v) is 11.5. The number of rotatable bonds is 4. The van der Waals surface area contributed by atoms with Crippen LogP contribution in [-0.2, 0) is 4.79 Å². The Hall–Kier alpha value is -2.05. The molecule has 7 heteroatoms. The second-order valence-corrected chi connectivity index (χ2v) is 5.24. The lowest BCUT2D eigenvalue weighted by atomic mass is 9.74. The molecule has 2 N–H and O–H groups in total. The normalized spacial score (nSPS) is 26.0. The molecule has 1 amide bonds. The summed E-state index contributed by atoms with van der Waals surface area (Å²) in [6, 6.07) is 1.37. The Labute approximate surface area is 116 Å². The fraction of sp³-hybridized carbons (Fsp3) is 0.615. The first kappa shape index (κ1) is 14.4. The average Bonchev–Trinajstić information content (AvgIpc) is 2.87. The number of nitrogens with one attached hydrogen (secondary N) is 1. The lowest BCUT2D eigenvalue weighted by molar-refractivity contribution is -0.145. The molecule has 1 saturated carbocycles. The van der Waals surface area contributed by atoms with Gasteiger partial charge in [0.15, 0.2) is 0 Å². The van der Waals surface area contributed by atoms with Crippen molar-refractivity contribution in [3.8, 4) is 5.88 Å². The molecule has 2 unspecified atom stereocenters. The Bertz CT molecular complexity index is 513. The SMILES string of the molecule is COc1cc(C(=O)NC2(C)CCCCC2C(=O)O)on1. The molecule has 0 aliphatic heterocycles. The minimum Gasteiger partial charge on any atom is -0.481 e. The van der Waals surface area contributed by atoms with Crippen molar-refractivity contribution in [1.82, 2.24) is 10.5 Å². The van der Waals surface area contributed by atoms with Gasteiger partial charge in [0.2, 0.25) is 5.76 Å². The van der Waals surface area contributed by atoms with Gasteiger partial charge in [-0.3, -0.25) is 9.59 Å². The number of amides is 1. The monoisotopic (exact) mass is 282 g/mol. The van der Waals surface area contributed by atoms with Gasteiger partial charge in [-0.2, -0.15) is 0 Å². The second kappa shape index (κ2) is 5.52. The van der Waals surface area contributed by atoms with Crippen LogP contribution in [0.5, 0.6) is 5.88 Å². The Kier molecular flexibility index (Phi) is 3.96. The van der Waals surface area contributed by atoms with Crippen LogP contribution in [0.25, 0.3) is 0 Å². The summed E-state index contributed by atoms with van der Waals surface area (Å²) in [6.07, 6.45) is 2.94. The standard InChI is InChI=1S/C13H18N2O5/c1-13(6-4-3-5-8(13)12(17)18)14-11(16)9-7-10(19-2)15-20-9/h7-8H,3-6H2,1-2H3,(H,14,16)(H,17,18). The number of nitrogens with zero attached hydrogens (tertiary/aromatic N) is 1. The number of aliphatic carboxylic acids is 1. The van der Waals surface area contributed by atoms with Gasteiger partial charge in [0, 0.05) is 0 Å². The zero-order chi connectivity index (χ0) is 14.8. The van der Waals surface area contributed by atoms with Gasteiger partial charge in [0.25, 0.3) is 11.8 Å². The highest BCUT2D eigenvalue weighted by Gasteiger charge is 2.42. The van der Waals surface area contributed by atoms with E-state index in [1.165, 1.54) is 13.2 Å². The molecular formula is C13H18N2O5. The summed E-state index contributed by atoms with van der Waals surface area (Å²) in [4.78, 5) is 23.5. The van der Waals surface area contributed by atoms with Crippen LogP contribution in [0.15, 0.2) is 10.6 Å². The molecule has 110 valence electrons. The minimum absolute atomic E-state index is 0.0118. The van der Waals surface area contributed by atoms with Crippen LogP contribution < -0.4 is 10.1 Å². The van der Waals surface area contributed by atoms with Gasteiger partial charge < -0.3 is 19.7 Å². The Morgan fingerprint density at radius 2 is 2.30 bits per heavy atom. The number of methoxy groups -OCH3 is 1. The van der Waals surface area contributed by atoms with E-state index in [0.717, 1.165) is 12.8 Å². The summed E-state index contributed by atoms with van der Waals surface area (Å²) in [5, 5.41) is 15.6. The summed E-state index contributed by atoms with van der Waals surface area (Å²) in [7, 11) is 1.42. The summed E-state index contributed by atoms with van der Waals surface area (Å²) in [6.45, 7) is 1.76. The minimum atomic E-state index is -0.886. The maximum atomic E-state index is 12.1. The number of hydrogen-bond acceptors (Lipinski definition) is 5. The van der Waals surface area contributed by atoms with E-state index < -0.39 is 23.3 Å². The van der Waals surface area contributed by atoms with Crippen LogP contribution >= 0.6 is 0 Å². The van der Waals surface area contributed by atoms with Crippen LogP contribution in [-0.4, -0.2) is 34.8 Å². The smallest absolute Gasteiger partial charge is 0.308 e. The lowest BCUT2D eigenvalue weighted by Crippen LogP contribution is -2.55. The first-order valence-electron chi connectivity index (χ1n) is 6.52. The van der Waals surface area contributed by atoms with E-state index in [4.69, 9.17) is 9.26 Å². The molecule has 1 heterocycles. The third kappa shape index (κ3) is 2.76. The van der Waals surface area contributed by atoms with Crippen LogP contribution in [0.3, 0.4) is 0 Å². The van der Waals surface area contributed by atoms with Gasteiger partial charge in [-0.05, 0) is 24.9 Å². The molecule has 0 aromatic carbocycles. The fourth-order valence-electron chi connectivity index (χ4n) is 2.66. The van der Waals surface area contributed by atoms with Gasteiger partial charge in [-0.1, -0.05) is 12.8 Å². The van der Waals surface area contributed by atoms with Crippen molar-refractivity contribution < 1.29 is 24.0 Å². The van der Waals surface area contributed by atoms with Gasteiger partial charge in [-0.15, -0.1) is 0 Å². The predicted octanol–water partition coefficient (Wildman–Crippen LogP) is 1.45. The first-order valence-corrected chi connectivity index (χ1v) is 6.52. The average molecular weight is 282 g/mol. The molecule has 0 radical (unpaired) electrons. The van der Waals surface area contributed by atoms with Gasteiger partial charge in [-0.25, -0.2) is 0 Å². The van der Waals surface area contributed by atoms with E-state index in [1.807, 2.05) is 0 Å². The molecule has 0 bridgehead atoms. The maximum absolute atomic E-state index is 12.1. The number of carboxylic acid groups (broad SMARTS) is 1. The van der Waals surface area contributed by atoms with Crippen LogP contribution in [0.1, 0.15) is 43.2 Å². The zero-order valence-electron chi connectivity index (χ0n) is 11.5. The largest absolute Gasteiger partial charge is 0.481 e. The summed E-state index contributed by atoms with van der Waals surface area (Å²) in [5.41, 5.74) is -0.777. The lowest BCUT2D eigenvalue weighted by Gasteiger charge is -2.39. The van der Waals surface area contributed by atoms with Crippen molar-refractivity contribution in [2.75, 3.05) is 7.11 Å². The molecule has 1 aromatic heterocycles. The molecule has 2 atom stereocenters. The number of hydrogen-bond donors (Lipinski definition) is 2. The van der Waals surface area contributed by atoms with E-state index in [9.17, 15) is 14.7 Å². The molecule has 1 fully saturated rings. The third-order valence-electron chi connectivity index (χ3n) is 3.83. The van der Waals surface area contributed by atoms with E-state index in [-0.39, 0.29) is 11.6 Å². The van der Waals surface area contributed by atoms with Crippen molar-refractivity contribution in [3.63, 3.8) is 0 Å². The summed E-state index contributed by atoms with van der Waals surface area (Å²) >= 11 is 0. The number of carboxylic acids is 1. The summed E-state index contributed by atoms with van der Waals surface area (Å²) < 4.78 is 9.71. The molecule has 20 heavy (non-hydrogen) atoms. The van der Waals surface area contributed by atoms with E-state index in [2.05, 4.69) is 10.5 Å².